The van der Waals surface area contributed by atoms with E-state index in [0.29, 0.717) is 23.7 Å². The number of nitrogens with zero attached hydrogens (tertiary/aromatic N) is 1. The molecule has 0 saturated heterocycles. The van der Waals surface area contributed by atoms with Crippen LogP contribution in [-0.4, -0.2) is 45.7 Å². The Morgan fingerprint density at radius 2 is 1.85 bits per heavy atom. The summed E-state index contributed by atoms with van der Waals surface area (Å²) in [6, 6.07) is 13.2. The summed E-state index contributed by atoms with van der Waals surface area (Å²) in [6.45, 7) is 1.04. The zero-order valence-corrected chi connectivity index (χ0v) is 16.1. The second kappa shape index (κ2) is 9.02. The van der Waals surface area contributed by atoms with E-state index in [9.17, 15) is 13.2 Å². The molecule has 2 aromatic carbocycles. The van der Waals surface area contributed by atoms with E-state index in [0.717, 1.165) is 11.8 Å². The molecule has 0 saturated carbocycles. The second-order valence-electron chi connectivity index (χ2n) is 5.66. The zero-order valence-electron chi connectivity index (χ0n) is 14.5. The predicted molar refractivity (Wildman–Crippen MR) is 100.0 cm³/mol. The van der Waals surface area contributed by atoms with Crippen LogP contribution < -0.4 is 4.18 Å². The number of ether oxygens (including phenoxy) is 1. The van der Waals surface area contributed by atoms with E-state index >= 15 is 0 Å². The molecule has 0 unspecified atom stereocenters. The fourth-order valence-corrected chi connectivity index (χ4v) is 2.90. The highest BCUT2D eigenvalue weighted by Gasteiger charge is 2.16. The minimum absolute atomic E-state index is 0.173. The SMILES string of the molecule is COCCN(Cc1cccc(OS(C)(=O)=O)c1)C(=O)c1ccc(Cl)cc1. The summed E-state index contributed by atoms with van der Waals surface area (Å²) in [7, 11) is -2.05. The molecule has 2 aromatic rings. The summed E-state index contributed by atoms with van der Waals surface area (Å²) < 4.78 is 32.5. The molecule has 140 valence electrons. The van der Waals surface area contributed by atoms with Crippen molar-refractivity contribution in [1.82, 2.24) is 4.90 Å². The number of carbonyl (C=O) groups is 1. The van der Waals surface area contributed by atoms with Gasteiger partial charge in [0.15, 0.2) is 0 Å². The first kappa shape index (κ1) is 20.2. The normalized spacial score (nSPS) is 11.2. The van der Waals surface area contributed by atoms with Gasteiger partial charge in [0.2, 0.25) is 0 Å². The van der Waals surface area contributed by atoms with Gasteiger partial charge >= 0.3 is 10.1 Å². The molecule has 0 aromatic heterocycles. The zero-order chi connectivity index (χ0) is 19.2. The van der Waals surface area contributed by atoms with E-state index in [-0.39, 0.29) is 18.2 Å². The molecular formula is C18H20ClNO5S. The number of carbonyl (C=O) groups excluding carboxylic acids is 1. The molecule has 6 nitrogen and oxygen atoms in total. The molecule has 8 heteroatoms. The third-order valence-electron chi connectivity index (χ3n) is 3.46. The quantitative estimate of drug-likeness (QED) is 0.640. The molecule has 0 heterocycles. The Hall–Kier alpha value is -2.09. The van der Waals surface area contributed by atoms with E-state index in [4.69, 9.17) is 20.5 Å². The number of benzene rings is 2. The highest BCUT2D eigenvalue weighted by molar-refractivity contribution is 7.86. The average molecular weight is 398 g/mol. The van der Waals surface area contributed by atoms with Crippen molar-refractivity contribution in [3.8, 4) is 5.75 Å². The van der Waals surface area contributed by atoms with Crippen LogP contribution in [0.25, 0.3) is 0 Å². The van der Waals surface area contributed by atoms with Crippen LogP contribution in [-0.2, 0) is 21.4 Å². The number of hydrogen-bond donors (Lipinski definition) is 0. The molecule has 0 spiro atoms. The molecule has 0 fully saturated rings. The van der Waals surface area contributed by atoms with Gasteiger partial charge in [-0.1, -0.05) is 23.7 Å². The number of rotatable bonds is 8. The van der Waals surface area contributed by atoms with E-state index in [1.807, 2.05) is 0 Å². The van der Waals surface area contributed by atoms with Gasteiger partial charge in [-0.25, -0.2) is 0 Å². The van der Waals surface area contributed by atoms with Crippen LogP contribution in [0.15, 0.2) is 48.5 Å². The molecule has 0 bridgehead atoms. The van der Waals surface area contributed by atoms with Gasteiger partial charge in [0.05, 0.1) is 12.9 Å². The molecule has 2 rings (SSSR count). The highest BCUT2D eigenvalue weighted by atomic mass is 35.5. The summed E-state index contributed by atoms with van der Waals surface area (Å²) in [5.74, 6) is 0.0313. The molecule has 26 heavy (non-hydrogen) atoms. The number of hydrogen-bond acceptors (Lipinski definition) is 5. The van der Waals surface area contributed by atoms with Gasteiger partial charge in [0.25, 0.3) is 5.91 Å². The molecule has 0 aliphatic carbocycles. The van der Waals surface area contributed by atoms with Crippen LogP contribution in [0.3, 0.4) is 0 Å². The Balaban J connectivity index is 2.20. The van der Waals surface area contributed by atoms with E-state index in [1.54, 1.807) is 60.5 Å². The lowest BCUT2D eigenvalue weighted by atomic mass is 10.1. The third-order valence-corrected chi connectivity index (χ3v) is 4.21. The lowest BCUT2D eigenvalue weighted by molar-refractivity contribution is 0.0680. The van der Waals surface area contributed by atoms with Crippen LogP contribution in [0.4, 0.5) is 0 Å². The van der Waals surface area contributed by atoms with Crippen molar-refractivity contribution in [2.45, 2.75) is 6.54 Å². The lowest BCUT2D eigenvalue weighted by Crippen LogP contribution is -2.33. The van der Waals surface area contributed by atoms with E-state index < -0.39 is 10.1 Å². The fourth-order valence-electron chi connectivity index (χ4n) is 2.32. The van der Waals surface area contributed by atoms with Crippen molar-refractivity contribution in [2.24, 2.45) is 0 Å². The van der Waals surface area contributed by atoms with Gasteiger partial charge in [-0.15, -0.1) is 0 Å². The molecular weight excluding hydrogens is 378 g/mol. The fraction of sp³-hybridized carbons (Fsp3) is 0.278. The molecule has 0 radical (unpaired) electrons. The minimum Gasteiger partial charge on any atom is -0.383 e. The van der Waals surface area contributed by atoms with Crippen LogP contribution in [0.5, 0.6) is 5.75 Å². The second-order valence-corrected chi connectivity index (χ2v) is 7.67. The maximum absolute atomic E-state index is 12.8. The van der Waals surface area contributed by atoms with Crippen molar-refractivity contribution in [1.29, 1.82) is 0 Å². The van der Waals surface area contributed by atoms with E-state index in [2.05, 4.69) is 0 Å². The Morgan fingerprint density at radius 1 is 1.15 bits per heavy atom. The summed E-state index contributed by atoms with van der Waals surface area (Å²) in [4.78, 5) is 14.4. The first-order valence-electron chi connectivity index (χ1n) is 7.80. The van der Waals surface area contributed by atoms with Crippen LogP contribution in [0.1, 0.15) is 15.9 Å². The van der Waals surface area contributed by atoms with Crippen molar-refractivity contribution >= 4 is 27.6 Å². The predicted octanol–water partition coefficient (Wildman–Crippen LogP) is 2.97. The molecule has 0 aliphatic heterocycles. The monoisotopic (exact) mass is 397 g/mol. The molecule has 0 N–H and O–H groups in total. The lowest BCUT2D eigenvalue weighted by Gasteiger charge is -2.23. The number of methoxy groups -OCH3 is 1. The van der Waals surface area contributed by atoms with E-state index in [1.165, 1.54) is 0 Å². The standard InChI is InChI=1S/C18H20ClNO5S/c1-24-11-10-20(18(21)15-6-8-16(19)9-7-15)13-14-4-3-5-17(12-14)25-26(2,22)23/h3-9,12H,10-11,13H2,1-2H3. The summed E-state index contributed by atoms with van der Waals surface area (Å²) >= 11 is 5.87. The average Bonchev–Trinajstić information content (AvgIpc) is 2.57. The molecule has 0 atom stereocenters. The van der Waals surface area contributed by atoms with Crippen LogP contribution in [0, 0.1) is 0 Å². The topological polar surface area (TPSA) is 72.9 Å². The van der Waals surface area contributed by atoms with Crippen LogP contribution in [0.2, 0.25) is 5.02 Å². The number of halogens is 1. The van der Waals surface area contributed by atoms with Gasteiger partial charge in [0, 0.05) is 30.8 Å². The minimum atomic E-state index is -3.61. The van der Waals surface area contributed by atoms with Gasteiger partial charge in [-0.3, -0.25) is 4.79 Å². The smallest absolute Gasteiger partial charge is 0.306 e. The Morgan fingerprint density at radius 3 is 2.46 bits per heavy atom. The van der Waals surface area contributed by atoms with Crippen molar-refractivity contribution in [3.05, 3.63) is 64.7 Å². The first-order chi connectivity index (χ1) is 12.3. The maximum Gasteiger partial charge on any atom is 0.306 e. The maximum atomic E-state index is 12.8. The largest absolute Gasteiger partial charge is 0.383 e. The Labute approximate surface area is 158 Å². The number of amides is 1. The van der Waals surface area contributed by atoms with Crippen molar-refractivity contribution in [2.75, 3.05) is 26.5 Å². The molecule has 1 amide bonds. The Bertz CT molecular complexity index is 852. The summed E-state index contributed by atoms with van der Waals surface area (Å²) in [5.41, 5.74) is 1.25. The molecule has 0 aliphatic rings. The van der Waals surface area contributed by atoms with Gasteiger partial charge in [-0.2, -0.15) is 8.42 Å². The van der Waals surface area contributed by atoms with Gasteiger partial charge in [-0.05, 0) is 42.0 Å². The summed E-state index contributed by atoms with van der Waals surface area (Å²) in [5, 5.41) is 0.551. The van der Waals surface area contributed by atoms with Crippen molar-refractivity contribution in [3.63, 3.8) is 0 Å². The first-order valence-corrected chi connectivity index (χ1v) is 10.00. The van der Waals surface area contributed by atoms with Gasteiger partial charge < -0.3 is 13.8 Å². The summed E-state index contributed by atoms with van der Waals surface area (Å²) in [6.07, 6.45) is 0.981. The van der Waals surface area contributed by atoms with Gasteiger partial charge in [0.1, 0.15) is 5.75 Å². The van der Waals surface area contributed by atoms with Crippen LogP contribution >= 0.6 is 11.6 Å². The Kier molecular flexibility index (Phi) is 7.02. The van der Waals surface area contributed by atoms with Crippen molar-refractivity contribution < 1.29 is 22.1 Å². The third kappa shape index (κ3) is 6.33. The highest BCUT2D eigenvalue weighted by Crippen LogP contribution is 2.18.